The highest BCUT2D eigenvalue weighted by Gasteiger charge is 2.25. The topological polar surface area (TPSA) is 96.8 Å². The van der Waals surface area contributed by atoms with Gasteiger partial charge in [0.15, 0.2) is 0 Å². The van der Waals surface area contributed by atoms with E-state index in [0.717, 1.165) is 30.4 Å². The number of carbonyl (C=O) groups is 1. The van der Waals surface area contributed by atoms with Gasteiger partial charge in [0.2, 0.25) is 11.9 Å². The monoisotopic (exact) mass is 557 g/mol. The third-order valence-corrected chi connectivity index (χ3v) is 7.58. The summed E-state index contributed by atoms with van der Waals surface area (Å²) in [6, 6.07) is 17.3. The number of amides is 1. The Bertz CT molecular complexity index is 1390. The summed E-state index contributed by atoms with van der Waals surface area (Å²) in [6.07, 6.45) is 12.0. The van der Waals surface area contributed by atoms with Gasteiger partial charge in [-0.3, -0.25) is 9.36 Å². The number of anilines is 2. The maximum Gasteiger partial charge on any atom is 0.242 e. The number of carbonyl (C=O) groups excluding carboxylic acids is 1. The van der Waals surface area contributed by atoms with Crippen LogP contribution in [0, 0.1) is 12.8 Å². The first-order valence-electron chi connectivity index (χ1n) is 14.0. The van der Waals surface area contributed by atoms with Crippen molar-refractivity contribution in [2.45, 2.75) is 64.6 Å². The third-order valence-electron chi connectivity index (χ3n) is 7.34. The lowest BCUT2D eigenvalue weighted by Crippen LogP contribution is -2.41. The number of benzene rings is 2. The number of rotatable bonds is 11. The summed E-state index contributed by atoms with van der Waals surface area (Å²) in [5.41, 5.74) is 3.29. The molecule has 0 bridgehead atoms. The molecule has 4 aromatic rings. The second kappa shape index (κ2) is 13.4. The SMILES string of the molecule is Cc1ccc(CNC(=O)[C@@H](CC2CCCCC2)Nc2cc(-n3ccnc3)nc(NCc3cccc(Cl)c3)n2)cc1. The molecular weight excluding hydrogens is 522 g/mol. The molecule has 40 heavy (non-hydrogen) atoms. The lowest BCUT2D eigenvalue weighted by molar-refractivity contribution is -0.122. The van der Waals surface area contributed by atoms with Crippen molar-refractivity contribution < 1.29 is 4.79 Å². The first-order valence-corrected chi connectivity index (χ1v) is 14.3. The van der Waals surface area contributed by atoms with Crippen molar-refractivity contribution in [3.8, 4) is 5.82 Å². The highest BCUT2D eigenvalue weighted by molar-refractivity contribution is 6.30. The number of halogens is 1. The molecule has 208 valence electrons. The molecule has 1 amide bonds. The Kier molecular flexibility index (Phi) is 9.29. The Morgan fingerprint density at radius 1 is 1.02 bits per heavy atom. The van der Waals surface area contributed by atoms with Gasteiger partial charge in [-0.2, -0.15) is 9.97 Å². The standard InChI is InChI=1S/C31H36ClN7O/c1-22-10-12-24(13-11-22)19-34-30(40)27(17-23-6-3-2-4-7-23)36-28-18-29(39-15-14-33-21-39)38-31(37-28)35-20-25-8-5-9-26(32)16-25/h5,8-16,18,21,23,27H,2-4,6-7,17,19-20H2,1H3,(H,34,40)(H2,35,36,37,38)/t27-/m1/s1. The van der Waals surface area contributed by atoms with Gasteiger partial charge < -0.3 is 16.0 Å². The summed E-state index contributed by atoms with van der Waals surface area (Å²) in [7, 11) is 0. The van der Waals surface area contributed by atoms with Gasteiger partial charge in [0, 0.05) is 36.6 Å². The molecule has 0 spiro atoms. The van der Waals surface area contributed by atoms with Crippen LogP contribution in [0.15, 0.2) is 73.3 Å². The van der Waals surface area contributed by atoms with Crippen LogP contribution < -0.4 is 16.0 Å². The first-order chi connectivity index (χ1) is 19.5. The fraction of sp³-hybridized carbons (Fsp3) is 0.355. The molecule has 1 aliphatic rings. The normalized spacial score (nSPS) is 14.4. The van der Waals surface area contributed by atoms with E-state index in [2.05, 4.69) is 52.1 Å². The van der Waals surface area contributed by atoms with Crippen molar-refractivity contribution in [3.05, 3.63) is 95.0 Å². The second-order valence-electron chi connectivity index (χ2n) is 10.5. The van der Waals surface area contributed by atoms with E-state index in [0.29, 0.717) is 41.6 Å². The lowest BCUT2D eigenvalue weighted by atomic mass is 9.84. The van der Waals surface area contributed by atoms with Crippen molar-refractivity contribution in [1.82, 2.24) is 24.8 Å². The van der Waals surface area contributed by atoms with E-state index in [4.69, 9.17) is 21.6 Å². The molecule has 1 aliphatic carbocycles. The molecule has 8 nitrogen and oxygen atoms in total. The van der Waals surface area contributed by atoms with Crippen LogP contribution in [0.2, 0.25) is 5.02 Å². The molecule has 2 aromatic heterocycles. The molecular formula is C31H36ClN7O. The fourth-order valence-electron chi connectivity index (χ4n) is 5.13. The number of imidazole rings is 1. The second-order valence-corrected chi connectivity index (χ2v) is 11.0. The molecule has 3 N–H and O–H groups in total. The first kappa shape index (κ1) is 27.6. The van der Waals surface area contributed by atoms with E-state index in [9.17, 15) is 4.79 Å². The molecule has 2 aromatic carbocycles. The molecule has 9 heteroatoms. The Morgan fingerprint density at radius 3 is 2.60 bits per heavy atom. The zero-order chi connectivity index (χ0) is 27.7. The molecule has 0 aliphatic heterocycles. The maximum atomic E-state index is 13.5. The minimum absolute atomic E-state index is 0.0256. The molecule has 0 radical (unpaired) electrons. The molecule has 2 heterocycles. The number of nitrogens with one attached hydrogen (secondary N) is 3. The van der Waals surface area contributed by atoms with Gasteiger partial charge in [0.25, 0.3) is 0 Å². The van der Waals surface area contributed by atoms with Gasteiger partial charge >= 0.3 is 0 Å². The average Bonchev–Trinajstić information content (AvgIpc) is 3.51. The van der Waals surface area contributed by atoms with Crippen molar-refractivity contribution in [2.75, 3.05) is 10.6 Å². The van der Waals surface area contributed by atoms with Crippen molar-refractivity contribution >= 4 is 29.3 Å². The van der Waals surface area contributed by atoms with Crippen LogP contribution in [-0.4, -0.2) is 31.5 Å². The minimum Gasteiger partial charge on any atom is -0.358 e. The molecule has 1 fully saturated rings. The summed E-state index contributed by atoms with van der Waals surface area (Å²) >= 11 is 6.17. The highest BCUT2D eigenvalue weighted by atomic mass is 35.5. The van der Waals surface area contributed by atoms with Crippen LogP contribution in [-0.2, 0) is 17.9 Å². The van der Waals surface area contributed by atoms with E-state index in [1.54, 1.807) is 12.5 Å². The van der Waals surface area contributed by atoms with Crippen LogP contribution in [0.4, 0.5) is 11.8 Å². The van der Waals surface area contributed by atoms with E-state index in [1.807, 2.05) is 41.1 Å². The van der Waals surface area contributed by atoms with E-state index in [-0.39, 0.29) is 5.91 Å². The zero-order valence-corrected chi connectivity index (χ0v) is 23.6. The molecule has 0 saturated heterocycles. The highest BCUT2D eigenvalue weighted by Crippen LogP contribution is 2.28. The summed E-state index contributed by atoms with van der Waals surface area (Å²) in [5, 5.41) is 10.6. The van der Waals surface area contributed by atoms with Crippen LogP contribution in [0.1, 0.15) is 55.2 Å². The van der Waals surface area contributed by atoms with Crippen LogP contribution in [0.25, 0.3) is 5.82 Å². The van der Waals surface area contributed by atoms with Gasteiger partial charge in [-0.15, -0.1) is 0 Å². The quantitative estimate of drug-likeness (QED) is 0.200. The van der Waals surface area contributed by atoms with Crippen molar-refractivity contribution in [1.29, 1.82) is 0 Å². The van der Waals surface area contributed by atoms with Gasteiger partial charge in [-0.25, -0.2) is 4.98 Å². The smallest absolute Gasteiger partial charge is 0.242 e. The van der Waals surface area contributed by atoms with E-state index < -0.39 is 6.04 Å². The predicted molar refractivity (Wildman–Crippen MR) is 160 cm³/mol. The summed E-state index contributed by atoms with van der Waals surface area (Å²) < 4.78 is 1.82. The van der Waals surface area contributed by atoms with Gasteiger partial charge in [-0.05, 0) is 42.5 Å². The Hall–Kier alpha value is -3.91. The largest absolute Gasteiger partial charge is 0.358 e. The third kappa shape index (κ3) is 7.82. The van der Waals surface area contributed by atoms with Crippen LogP contribution >= 0.6 is 11.6 Å². The number of hydrogen-bond donors (Lipinski definition) is 3. The maximum absolute atomic E-state index is 13.5. The van der Waals surface area contributed by atoms with Crippen LogP contribution in [0.3, 0.4) is 0 Å². The van der Waals surface area contributed by atoms with Gasteiger partial charge in [-0.1, -0.05) is 85.7 Å². The number of hydrogen-bond acceptors (Lipinski definition) is 6. The predicted octanol–water partition coefficient (Wildman–Crippen LogP) is 6.30. The molecule has 1 saturated carbocycles. The lowest BCUT2D eigenvalue weighted by Gasteiger charge is -2.27. The fourth-order valence-corrected chi connectivity index (χ4v) is 5.34. The van der Waals surface area contributed by atoms with Gasteiger partial charge in [0.05, 0.1) is 0 Å². The minimum atomic E-state index is -0.417. The zero-order valence-electron chi connectivity index (χ0n) is 22.8. The summed E-state index contributed by atoms with van der Waals surface area (Å²) in [4.78, 5) is 27.1. The van der Waals surface area contributed by atoms with Crippen molar-refractivity contribution in [3.63, 3.8) is 0 Å². The van der Waals surface area contributed by atoms with Crippen LogP contribution in [0.5, 0.6) is 0 Å². The van der Waals surface area contributed by atoms with Gasteiger partial charge in [0.1, 0.15) is 24.0 Å². The molecule has 0 unspecified atom stereocenters. The summed E-state index contributed by atoms with van der Waals surface area (Å²) in [5.74, 6) is 2.16. The molecule has 5 rings (SSSR count). The Morgan fingerprint density at radius 2 is 1.85 bits per heavy atom. The Labute approximate surface area is 240 Å². The Balaban J connectivity index is 1.36. The van der Waals surface area contributed by atoms with E-state index in [1.165, 1.54) is 24.8 Å². The number of aromatic nitrogens is 4. The average molecular weight is 558 g/mol. The molecule has 1 atom stereocenters. The van der Waals surface area contributed by atoms with E-state index >= 15 is 0 Å². The number of aryl methyl sites for hydroxylation is 1. The van der Waals surface area contributed by atoms with Crippen molar-refractivity contribution in [2.24, 2.45) is 5.92 Å². The summed E-state index contributed by atoms with van der Waals surface area (Å²) in [6.45, 7) is 3.05. The number of nitrogens with zero attached hydrogens (tertiary/aromatic N) is 4.